The molecule has 1 aromatic carbocycles. The van der Waals surface area contributed by atoms with Gasteiger partial charge in [0, 0.05) is 5.92 Å². The van der Waals surface area contributed by atoms with Crippen LogP contribution in [0, 0.1) is 18.7 Å². The molecule has 0 aliphatic rings. The summed E-state index contributed by atoms with van der Waals surface area (Å²) in [5.74, 6) is -1.41. The van der Waals surface area contributed by atoms with E-state index >= 15 is 0 Å². The van der Waals surface area contributed by atoms with Crippen molar-refractivity contribution < 1.29 is 23.5 Å². The number of carboxylic acids is 1. The number of halogens is 1. The van der Waals surface area contributed by atoms with E-state index in [2.05, 4.69) is 5.32 Å². The minimum Gasteiger partial charge on any atom is -0.478 e. The third-order valence-electron chi connectivity index (χ3n) is 3.57. The molecule has 2 N–H and O–H groups in total. The fourth-order valence-electron chi connectivity index (χ4n) is 2.28. The maximum Gasteiger partial charge on any atom is 0.339 e. The van der Waals surface area contributed by atoms with Crippen molar-refractivity contribution in [3.63, 3.8) is 0 Å². The second-order valence-corrected chi connectivity index (χ2v) is 5.40. The molecular formula is C17H18FNO4. The van der Waals surface area contributed by atoms with E-state index in [0.29, 0.717) is 17.1 Å². The van der Waals surface area contributed by atoms with Crippen LogP contribution in [0.2, 0.25) is 0 Å². The van der Waals surface area contributed by atoms with Crippen LogP contribution in [-0.4, -0.2) is 17.0 Å². The van der Waals surface area contributed by atoms with E-state index < -0.39 is 11.9 Å². The first kappa shape index (κ1) is 16.7. The predicted molar refractivity (Wildman–Crippen MR) is 81.5 cm³/mol. The molecule has 2 rings (SSSR count). The van der Waals surface area contributed by atoms with Crippen LogP contribution in [0.1, 0.15) is 34.4 Å². The van der Waals surface area contributed by atoms with E-state index in [9.17, 15) is 14.0 Å². The van der Waals surface area contributed by atoms with Gasteiger partial charge in [0.05, 0.1) is 6.54 Å². The van der Waals surface area contributed by atoms with Gasteiger partial charge in [0.25, 0.3) is 0 Å². The van der Waals surface area contributed by atoms with Gasteiger partial charge < -0.3 is 14.8 Å². The van der Waals surface area contributed by atoms with E-state index in [1.54, 1.807) is 32.0 Å². The Morgan fingerprint density at radius 3 is 2.65 bits per heavy atom. The van der Waals surface area contributed by atoms with Gasteiger partial charge in [-0.25, -0.2) is 9.18 Å². The molecule has 0 bridgehead atoms. The number of benzene rings is 1. The molecule has 0 saturated heterocycles. The summed E-state index contributed by atoms with van der Waals surface area (Å²) in [7, 11) is 0. The van der Waals surface area contributed by atoms with Crippen LogP contribution < -0.4 is 5.32 Å². The second kappa shape index (κ2) is 7.09. The van der Waals surface area contributed by atoms with Gasteiger partial charge in [0.1, 0.15) is 22.9 Å². The van der Waals surface area contributed by atoms with Crippen molar-refractivity contribution in [2.45, 2.75) is 26.8 Å². The summed E-state index contributed by atoms with van der Waals surface area (Å²) in [6.07, 6.45) is 0.288. The molecule has 0 aliphatic carbocycles. The van der Waals surface area contributed by atoms with Crippen LogP contribution in [-0.2, 0) is 17.8 Å². The van der Waals surface area contributed by atoms with E-state index in [1.807, 2.05) is 0 Å². The van der Waals surface area contributed by atoms with Gasteiger partial charge in [-0.1, -0.05) is 25.1 Å². The predicted octanol–water partition coefficient (Wildman–Crippen LogP) is 2.92. The van der Waals surface area contributed by atoms with Gasteiger partial charge in [0.15, 0.2) is 0 Å². The molecule has 1 atom stereocenters. The number of hydrogen-bond acceptors (Lipinski definition) is 3. The van der Waals surface area contributed by atoms with Gasteiger partial charge in [-0.3, -0.25) is 4.79 Å². The zero-order chi connectivity index (χ0) is 17.0. The van der Waals surface area contributed by atoms with Gasteiger partial charge in [-0.2, -0.15) is 0 Å². The maximum atomic E-state index is 13.6. The van der Waals surface area contributed by atoms with Crippen LogP contribution in [0.3, 0.4) is 0 Å². The summed E-state index contributed by atoms with van der Waals surface area (Å²) in [6, 6.07) is 7.72. The van der Waals surface area contributed by atoms with Crippen molar-refractivity contribution in [3.05, 3.63) is 58.8 Å². The van der Waals surface area contributed by atoms with Crippen molar-refractivity contribution in [1.29, 1.82) is 0 Å². The first-order valence-electron chi connectivity index (χ1n) is 7.22. The lowest BCUT2D eigenvalue weighted by Crippen LogP contribution is -2.29. The summed E-state index contributed by atoms with van der Waals surface area (Å²) in [4.78, 5) is 23.0. The third-order valence-corrected chi connectivity index (χ3v) is 3.57. The Morgan fingerprint density at radius 1 is 1.35 bits per heavy atom. The number of carbonyl (C=O) groups excluding carboxylic acids is 1. The van der Waals surface area contributed by atoms with Crippen molar-refractivity contribution in [3.8, 4) is 0 Å². The van der Waals surface area contributed by atoms with Crippen LogP contribution in [0.4, 0.5) is 4.39 Å². The van der Waals surface area contributed by atoms with E-state index in [0.717, 1.165) is 0 Å². The monoisotopic (exact) mass is 319 g/mol. The molecule has 5 nitrogen and oxygen atoms in total. The quantitative estimate of drug-likeness (QED) is 0.858. The highest BCUT2D eigenvalue weighted by Gasteiger charge is 2.17. The highest BCUT2D eigenvalue weighted by Crippen LogP contribution is 2.15. The maximum absolute atomic E-state index is 13.6. The topological polar surface area (TPSA) is 79.5 Å². The Morgan fingerprint density at radius 2 is 2.04 bits per heavy atom. The first-order chi connectivity index (χ1) is 10.9. The van der Waals surface area contributed by atoms with Gasteiger partial charge in [-0.05, 0) is 31.0 Å². The molecule has 0 saturated carbocycles. The number of aromatic carboxylic acids is 1. The van der Waals surface area contributed by atoms with Crippen molar-refractivity contribution in [1.82, 2.24) is 5.32 Å². The Labute approximate surface area is 133 Å². The first-order valence-corrected chi connectivity index (χ1v) is 7.22. The lowest BCUT2D eigenvalue weighted by atomic mass is 10.00. The van der Waals surface area contributed by atoms with Crippen LogP contribution in [0.25, 0.3) is 0 Å². The van der Waals surface area contributed by atoms with E-state index in [-0.39, 0.29) is 30.3 Å². The molecule has 23 heavy (non-hydrogen) atoms. The third kappa shape index (κ3) is 4.18. The Hall–Kier alpha value is -2.63. The molecule has 1 heterocycles. The molecule has 2 aromatic rings. The fourth-order valence-corrected chi connectivity index (χ4v) is 2.28. The molecule has 6 heteroatoms. The molecule has 0 fully saturated rings. The second-order valence-electron chi connectivity index (χ2n) is 5.40. The largest absolute Gasteiger partial charge is 0.478 e. The van der Waals surface area contributed by atoms with E-state index in [4.69, 9.17) is 9.52 Å². The number of hydrogen-bond donors (Lipinski definition) is 2. The van der Waals surface area contributed by atoms with Crippen LogP contribution in [0.15, 0.2) is 34.7 Å². The average Bonchev–Trinajstić information content (AvgIpc) is 2.88. The van der Waals surface area contributed by atoms with Crippen molar-refractivity contribution >= 4 is 11.9 Å². The summed E-state index contributed by atoms with van der Waals surface area (Å²) in [5.41, 5.74) is 0.561. The van der Waals surface area contributed by atoms with Crippen LogP contribution in [0.5, 0.6) is 0 Å². The van der Waals surface area contributed by atoms with E-state index in [1.165, 1.54) is 12.1 Å². The van der Waals surface area contributed by atoms with Gasteiger partial charge in [-0.15, -0.1) is 0 Å². The number of carboxylic acid groups (broad SMARTS) is 1. The molecule has 0 spiro atoms. The average molecular weight is 319 g/mol. The molecule has 0 aliphatic heterocycles. The van der Waals surface area contributed by atoms with Crippen molar-refractivity contribution in [2.24, 2.45) is 5.92 Å². The highest BCUT2D eigenvalue weighted by molar-refractivity contribution is 5.88. The van der Waals surface area contributed by atoms with Gasteiger partial charge in [0.2, 0.25) is 5.91 Å². The fraction of sp³-hybridized carbons (Fsp3) is 0.294. The number of aryl methyl sites for hydroxylation is 1. The summed E-state index contributed by atoms with van der Waals surface area (Å²) >= 11 is 0. The summed E-state index contributed by atoms with van der Waals surface area (Å²) < 4.78 is 18.9. The Bertz CT molecular complexity index is 723. The molecule has 1 unspecified atom stereocenters. The summed E-state index contributed by atoms with van der Waals surface area (Å²) in [5, 5.41) is 11.6. The number of furan rings is 1. The number of rotatable bonds is 6. The number of carbonyl (C=O) groups is 2. The number of nitrogens with one attached hydrogen (secondary N) is 1. The van der Waals surface area contributed by atoms with Crippen LogP contribution >= 0.6 is 0 Å². The zero-order valence-corrected chi connectivity index (χ0v) is 12.9. The lowest BCUT2D eigenvalue weighted by molar-refractivity contribution is -0.124. The highest BCUT2D eigenvalue weighted by atomic mass is 19.1. The zero-order valence-electron chi connectivity index (χ0n) is 12.9. The minimum atomic E-state index is -1.07. The molecule has 1 aromatic heterocycles. The SMILES string of the molecule is Cc1oc(CNC(=O)C(C)Cc2ccccc2F)cc1C(=O)O. The number of amides is 1. The molecule has 1 amide bonds. The minimum absolute atomic E-state index is 0.0775. The van der Waals surface area contributed by atoms with Gasteiger partial charge >= 0.3 is 5.97 Å². The van der Waals surface area contributed by atoms with Crippen molar-refractivity contribution in [2.75, 3.05) is 0 Å². The lowest BCUT2D eigenvalue weighted by Gasteiger charge is -2.12. The Balaban J connectivity index is 1.93. The standard InChI is InChI=1S/C17H18FNO4/c1-10(7-12-5-3-4-6-15(12)18)16(20)19-9-13-8-14(17(21)22)11(2)23-13/h3-6,8,10H,7,9H2,1-2H3,(H,19,20)(H,21,22). The normalized spacial score (nSPS) is 12.0. The smallest absolute Gasteiger partial charge is 0.339 e. The Kier molecular flexibility index (Phi) is 5.16. The summed E-state index contributed by atoms with van der Waals surface area (Å²) in [6.45, 7) is 3.35. The molecule has 0 radical (unpaired) electrons. The molecular weight excluding hydrogens is 301 g/mol. The molecule has 122 valence electrons.